The Balaban J connectivity index is 1.65. The number of nitrogens with zero attached hydrogens (tertiary/aromatic N) is 1. The van der Waals surface area contributed by atoms with Crippen LogP contribution in [-0.2, 0) is 14.4 Å². The predicted octanol–water partition coefficient (Wildman–Crippen LogP) is 2.41. The van der Waals surface area contributed by atoms with Crippen LogP contribution in [0.25, 0.3) is 0 Å². The molecule has 0 fully saturated rings. The lowest BCUT2D eigenvalue weighted by molar-refractivity contribution is -0.121. The van der Waals surface area contributed by atoms with E-state index in [4.69, 9.17) is 9.47 Å². The fourth-order valence-corrected chi connectivity index (χ4v) is 2.91. The zero-order valence-electron chi connectivity index (χ0n) is 15.7. The van der Waals surface area contributed by atoms with E-state index in [9.17, 15) is 14.4 Å². The van der Waals surface area contributed by atoms with Crippen molar-refractivity contribution in [1.29, 1.82) is 0 Å². The smallest absolute Gasteiger partial charge is 0.265 e. The summed E-state index contributed by atoms with van der Waals surface area (Å²) < 4.78 is 10.6. The molecule has 0 aromatic heterocycles. The highest BCUT2D eigenvalue weighted by molar-refractivity contribution is 5.99. The first-order valence-corrected chi connectivity index (χ1v) is 8.75. The third-order valence-corrected chi connectivity index (χ3v) is 4.16. The van der Waals surface area contributed by atoms with Gasteiger partial charge < -0.3 is 25.0 Å². The predicted molar refractivity (Wildman–Crippen MR) is 105 cm³/mol. The fraction of sp³-hybridized carbons (Fsp3) is 0.250. The lowest BCUT2D eigenvalue weighted by Crippen LogP contribution is -2.40. The Bertz CT molecular complexity index is 912. The van der Waals surface area contributed by atoms with E-state index in [1.165, 1.54) is 14.0 Å². The molecule has 3 amide bonds. The zero-order chi connectivity index (χ0) is 20.1. The standard InChI is InChI=1S/C20H21N3O5/c1-13(24)21-15-11-14(7-8-17(15)27-2)22-19(25)9-10-23-16-5-3-4-6-18(16)28-12-20(23)26/h3-8,11H,9-10,12H2,1-2H3,(H,21,24)(H,22,25). The monoisotopic (exact) mass is 383 g/mol. The summed E-state index contributed by atoms with van der Waals surface area (Å²) in [4.78, 5) is 37.4. The number of hydrogen-bond acceptors (Lipinski definition) is 5. The minimum absolute atomic E-state index is 0.0445. The number of amides is 3. The van der Waals surface area contributed by atoms with Crippen LogP contribution in [0.1, 0.15) is 13.3 Å². The van der Waals surface area contributed by atoms with E-state index in [2.05, 4.69) is 10.6 Å². The minimum atomic E-state index is -0.254. The number of ether oxygens (including phenoxy) is 2. The van der Waals surface area contributed by atoms with Crippen molar-refractivity contribution in [2.24, 2.45) is 0 Å². The van der Waals surface area contributed by atoms with E-state index in [0.29, 0.717) is 28.6 Å². The molecule has 146 valence electrons. The molecule has 8 nitrogen and oxygen atoms in total. The third-order valence-electron chi connectivity index (χ3n) is 4.16. The summed E-state index contributed by atoms with van der Waals surface area (Å²) >= 11 is 0. The number of fused-ring (bicyclic) bond motifs is 1. The minimum Gasteiger partial charge on any atom is -0.495 e. The second-order valence-corrected chi connectivity index (χ2v) is 6.20. The molecule has 0 atom stereocenters. The molecule has 1 aliphatic heterocycles. The molecule has 2 N–H and O–H groups in total. The summed E-state index contributed by atoms with van der Waals surface area (Å²) in [6, 6.07) is 12.2. The van der Waals surface area contributed by atoms with Crippen LogP contribution in [0.4, 0.5) is 17.1 Å². The molecule has 0 radical (unpaired) electrons. The molecule has 1 heterocycles. The molecule has 0 unspecified atom stereocenters. The van der Waals surface area contributed by atoms with E-state index < -0.39 is 0 Å². The summed E-state index contributed by atoms with van der Waals surface area (Å²) in [5.74, 6) is 0.423. The Morgan fingerprint density at radius 2 is 1.96 bits per heavy atom. The maximum atomic E-state index is 12.4. The van der Waals surface area contributed by atoms with Crippen LogP contribution in [0.2, 0.25) is 0 Å². The molecule has 28 heavy (non-hydrogen) atoms. The number of carbonyl (C=O) groups is 3. The fourth-order valence-electron chi connectivity index (χ4n) is 2.91. The number of hydrogen-bond donors (Lipinski definition) is 2. The first-order chi connectivity index (χ1) is 13.5. The number of nitrogens with one attached hydrogen (secondary N) is 2. The van der Waals surface area contributed by atoms with Crippen molar-refractivity contribution in [3.8, 4) is 11.5 Å². The van der Waals surface area contributed by atoms with Crippen LogP contribution in [-0.4, -0.2) is 38.0 Å². The molecular formula is C20H21N3O5. The van der Waals surface area contributed by atoms with Crippen LogP contribution >= 0.6 is 0 Å². The topological polar surface area (TPSA) is 97.0 Å². The van der Waals surface area contributed by atoms with Crippen LogP contribution in [0.15, 0.2) is 42.5 Å². The Labute approximate surface area is 162 Å². The van der Waals surface area contributed by atoms with E-state index in [0.717, 1.165) is 0 Å². The highest BCUT2D eigenvalue weighted by atomic mass is 16.5. The van der Waals surface area contributed by atoms with Crippen molar-refractivity contribution in [1.82, 2.24) is 0 Å². The number of anilines is 3. The van der Waals surface area contributed by atoms with Crippen molar-refractivity contribution in [2.45, 2.75) is 13.3 Å². The van der Waals surface area contributed by atoms with Crippen LogP contribution in [0.5, 0.6) is 11.5 Å². The van der Waals surface area contributed by atoms with Gasteiger partial charge >= 0.3 is 0 Å². The first-order valence-electron chi connectivity index (χ1n) is 8.75. The molecule has 2 aromatic carbocycles. The maximum Gasteiger partial charge on any atom is 0.265 e. The second-order valence-electron chi connectivity index (χ2n) is 6.20. The molecule has 0 spiro atoms. The largest absolute Gasteiger partial charge is 0.495 e. The molecule has 8 heteroatoms. The molecule has 3 rings (SSSR count). The molecule has 0 aliphatic carbocycles. The number of para-hydroxylation sites is 2. The Hall–Kier alpha value is -3.55. The molecule has 0 saturated heterocycles. The molecule has 0 bridgehead atoms. The van der Waals surface area contributed by atoms with Gasteiger partial charge in [-0.2, -0.15) is 0 Å². The Kier molecular flexibility index (Phi) is 5.78. The Morgan fingerprint density at radius 1 is 1.18 bits per heavy atom. The van der Waals surface area contributed by atoms with Gasteiger partial charge in [0.05, 0.1) is 18.5 Å². The van der Waals surface area contributed by atoms with Gasteiger partial charge in [-0.15, -0.1) is 0 Å². The molecule has 0 saturated carbocycles. The second kappa shape index (κ2) is 8.43. The lowest BCUT2D eigenvalue weighted by Gasteiger charge is -2.29. The van der Waals surface area contributed by atoms with Gasteiger partial charge in [-0.3, -0.25) is 14.4 Å². The zero-order valence-corrected chi connectivity index (χ0v) is 15.7. The number of benzene rings is 2. The quantitative estimate of drug-likeness (QED) is 0.798. The van der Waals surface area contributed by atoms with Gasteiger partial charge in [0.2, 0.25) is 11.8 Å². The number of rotatable bonds is 6. The number of carbonyl (C=O) groups excluding carboxylic acids is 3. The average molecular weight is 383 g/mol. The van der Waals surface area contributed by atoms with E-state index in [1.807, 2.05) is 12.1 Å². The molecule has 2 aromatic rings. The van der Waals surface area contributed by atoms with Crippen molar-refractivity contribution >= 4 is 34.8 Å². The van der Waals surface area contributed by atoms with E-state index in [1.54, 1.807) is 35.2 Å². The van der Waals surface area contributed by atoms with Gasteiger partial charge in [-0.1, -0.05) is 12.1 Å². The van der Waals surface area contributed by atoms with Crippen molar-refractivity contribution in [2.75, 3.05) is 35.8 Å². The van der Waals surface area contributed by atoms with Gasteiger partial charge in [0.15, 0.2) is 6.61 Å². The normalized spacial score (nSPS) is 12.6. The molecular weight excluding hydrogens is 362 g/mol. The van der Waals surface area contributed by atoms with Gasteiger partial charge in [0.25, 0.3) is 5.91 Å². The van der Waals surface area contributed by atoms with Gasteiger partial charge in [0.1, 0.15) is 11.5 Å². The SMILES string of the molecule is COc1ccc(NC(=O)CCN2C(=O)COc3ccccc32)cc1NC(C)=O. The third kappa shape index (κ3) is 4.40. The highest BCUT2D eigenvalue weighted by Crippen LogP contribution is 2.31. The van der Waals surface area contributed by atoms with E-state index in [-0.39, 0.29) is 37.3 Å². The van der Waals surface area contributed by atoms with Gasteiger partial charge in [0, 0.05) is 25.6 Å². The Morgan fingerprint density at radius 3 is 2.71 bits per heavy atom. The van der Waals surface area contributed by atoms with Crippen molar-refractivity contribution in [3.05, 3.63) is 42.5 Å². The summed E-state index contributed by atoms with van der Waals surface area (Å²) in [5, 5.41) is 5.43. The van der Waals surface area contributed by atoms with Gasteiger partial charge in [-0.25, -0.2) is 0 Å². The average Bonchev–Trinajstić information content (AvgIpc) is 2.67. The van der Waals surface area contributed by atoms with Crippen LogP contribution in [0.3, 0.4) is 0 Å². The number of methoxy groups -OCH3 is 1. The maximum absolute atomic E-state index is 12.4. The summed E-state index contributed by atoms with van der Waals surface area (Å²) in [6.07, 6.45) is 0.113. The lowest BCUT2D eigenvalue weighted by atomic mass is 10.2. The summed E-state index contributed by atoms with van der Waals surface area (Å²) in [5.41, 5.74) is 1.64. The van der Waals surface area contributed by atoms with Crippen molar-refractivity contribution < 1.29 is 23.9 Å². The van der Waals surface area contributed by atoms with Crippen molar-refractivity contribution in [3.63, 3.8) is 0 Å². The highest BCUT2D eigenvalue weighted by Gasteiger charge is 2.25. The van der Waals surface area contributed by atoms with Crippen LogP contribution in [0, 0.1) is 0 Å². The first kappa shape index (κ1) is 19.2. The van der Waals surface area contributed by atoms with Crippen LogP contribution < -0.4 is 25.0 Å². The molecule has 1 aliphatic rings. The van der Waals surface area contributed by atoms with Gasteiger partial charge in [-0.05, 0) is 30.3 Å². The van der Waals surface area contributed by atoms with E-state index >= 15 is 0 Å². The summed E-state index contributed by atoms with van der Waals surface area (Å²) in [6.45, 7) is 1.58. The summed E-state index contributed by atoms with van der Waals surface area (Å²) in [7, 11) is 1.50.